The molecule has 0 bridgehead atoms. The van der Waals surface area contributed by atoms with Gasteiger partial charge in [-0.05, 0) is 0 Å². The van der Waals surface area contributed by atoms with Gasteiger partial charge >= 0.3 is 7.32 Å². The molecule has 3 N–H and O–H groups in total. The summed E-state index contributed by atoms with van der Waals surface area (Å²) in [5.74, 6) is 0. The fourth-order valence-electron chi connectivity index (χ4n) is 0. The predicted octanol–water partition coefficient (Wildman–Crippen LogP) is -2.05. The monoisotopic (exact) mass is 62.0 g/mol. The van der Waals surface area contributed by atoms with Crippen LogP contribution in [0, 0.1) is 0 Å². The molecule has 0 aliphatic rings. The van der Waals surface area contributed by atoms with Crippen molar-refractivity contribution >= 4 is 7.32 Å². The molecule has 3 nitrogen and oxygen atoms in total. The van der Waals surface area contributed by atoms with E-state index in [1.807, 2.05) is 0 Å². The zero-order valence-electron chi connectivity index (χ0n) is 1.92. The van der Waals surface area contributed by atoms with Crippen molar-refractivity contribution in [3.05, 3.63) is 0 Å². The first-order valence-corrected chi connectivity index (χ1v) is 0.775. The molecule has 24 valence electrons. The van der Waals surface area contributed by atoms with Crippen molar-refractivity contribution in [1.29, 1.82) is 0 Å². The van der Waals surface area contributed by atoms with Crippen molar-refractivity contribution in [1.82, 2.24) is 0 Å². The molecule has 0 saturated carbocycles. The smallest absolute Gasteiger partial charge is 0.402 e. The van der Waals surface area contributed by atoms with Gasteiger partial charge in [0.1, 0.15) is 0 Å². The summed E-state index contributed by atoms with van der Waals surface area (Å²) in [5, 5.41) is 21.5. The molecule has 0 amide bonds. The van der Waals surface area contributed by atoms with E-state index >= 15 is 0 Å². The highest BCUT2D eigenvalue weighted by Gasteiger charge is 1.92. The van der Waals surface area contributed by atoms with Crippen LogP contribution in [0.15, 0.2) is 0 Å². The van der Waals surface area contributed by atoms with Crippen LogP contribution in [0.5, 0.6) is 0 Å². The van der Waals surface area contributed by atoms with Crippen molar-refractivity contribution in [2.75, 3.05) is 0 Å². The van der Waals surface area contributed by atoms with Crippen LogP contribution in [-0.2, 0) is 0 Å². The minimum atomic E-state index is -2.17. The van der Waals surface area contributed by atoms with Crippen molar-refractivity contribution in [3.63, 3.8) is 0 Å². The van der Waals surface area contributed by atoms with Crippen LogP contribution in [-0.4, -0.2) is 22.4 Å². The maximum atomic E-state index is 7.17. The lowest BCUT2D eigenvalue weighted by Gasteiger charge is -1.69. The van der Waals surface area contributed by atoms with E-state index in [1.165, 1.54) is 0 Å². The first-order valence-electron chi connectivity index (χ1n) is 0.775. The van der Waals surface area contributed by atoms with E-state index in [4.69, 9.17) is 15.1 Å². The quantitative estimate of drug-likeness (QED) is 0.283. The lowest BCUT2D eigenvalue weighted by atomic mass is 10.5. The Kier molecular flexibility index (Phi) is 1.27. The first-order chi connectivity index (χ1) is 1.73. The molecule has 0 atom stereocenters. The molecule has 0 aromatic rings. The van der Waals surface area contributed by atoms with E-state index in [0.717, 1.165) is 0 Å². The summed E-state index contributed by atoms with van der Waals surface area (Å²) in [6.07, 6.45) is 0. The summed E-state index contributed by atoms with van der Waals surface area (Å²) in [7, 11) is -2.17. The molecule has 0 aliphatic heterocycles. The van der Waals surface area contributed by atoms with Crippen molar-refractivity contribution in [2.45, 2.75) is 0 Å². The maximum absolute atomic E-state index is 7.17. The lowest BCUT2D eigenvalue weighted by molar-refractivity contribution is 0.278. The Morgan fingerprint density at radius 3 is 1.00 bits per heavy atom. The number of rotatable bonds is 0. The highest BCUT2D eigenvalue weighted by molar-refractivity contribution is 6.30. The van der Waals surface area contributed by atoms with Gasteiger partial charge in [-0.1, -0.05) is 0 Å². The fourth-order valence-corrected chi connectivity index (χ4v) is 0. The molecule has 0 spiro atoms. The highest BCUT2D eigenvalue weighted by Crippen LogP contribution is 1.40. The van der Waals surface area contributed by atoms with Gasteiger partial charge in [-0.25, -0.2) is 0 Å². The van der Waals surface area contributed by atoms with Crippen molar-refractivity contribution in [2.24, 2.45) is 0 Å². The molecule has 4 heavy (non-hydrogen) atoms. The van der Waals surface area contributed by atoms with Crippen LogP contribution in [0.25, 0.3) is 0 Å². The molecule has 0 aliphatic carbocycles. The second-order valence-corrected chi connectivity index (χ2v) is 0.346. The van der Waals surface area contributed by atoms with Gasteiger partial charge in [-0.15, -0.1) is 0 Å². The zero-order valence-corrected chi connectivity index (χ0v) is 1.92. The molecular formula is H3BO3. The van der Waals surface area contributed by atoms with Gasteiger partial charge in [-0.3, -0.25) is 0 Å². The Hall–Kier alpha value is -0.0551. The number of hydrogen-bond donors (Lipinski definition) is 3. The van der Waals surface area contributed by atoms with E-state index in [2.05, 4.69) is 0 Å². The van der Waals surface area contributed by atoms with Crippen LogP contribution in [0.2, 0.25) is 0 Å². The van der Waals surface area contributed by atoms with Crippen LogP contribution in [0.1, 0.15) is 0 Å². The molecule has 0 rings (SSSR count). The largest absolute Gasteiger partial charge is 0.631 e. The molecule has 0 radical (unpaired) electrons. The summed E-state index contributed by atoms with van der Waals surface area (Å²) < 4.78 is 0. The van der Waals surface area contributed by atoms with Crippen LogP contribution >= 0.6 is 0 Å². The average Bonchev–Trinajstić information content (AvgIpc) is 0.811. The first kappa shape index (κ1) is 3.94. The van der Waals surface area contributed by atoms with E-state index in [1.54, 1.807) is 0 Å². The van der Waals surface area contributed by atoms with E-state index in [9.17, 15) is 0 Å². The van der Waals surface area contributed by atoms with Gasteiger partial charge in [0.25, 0.3) is 0 Å². The normalized spacial score (nSPS) is 6.75. The molecular weight excluding hydrogens is 59.0 g/mol. The minimum absolute atomic E-state index is 2.17. The molecule has 0 aromatic heterocycles. The third-order valence-electron chi connectivity index (χ3n) is 0. The third kappa shape index (κ3) is 573. The summed E-state index contributed by atoms with van der Waals surface area (Å²) >= 11 is 0. The Morgan fingerprint density at radius 1 is 1.00 bits per heavy atom. The Balaban J connectivity index is 2.32. The SMILES string of the molecule is O[11B](O)O. The van der Waals surface area contributed by atoms with Gasteiger partial charge in [0.2, 0.25) is 0 Å². The summed E-state index contributed by atoms with van der Waals surface area (Å²) in [5.41, 5.74) is 0. The summed E-state index contributed by atoms with van der Waals surface area (Å²) in [6, 6.07) is 0. The molecule has 0 heterocycles. The molecule has 4 heteroatoms. The zero-order chi connectivity index (χ0) is 3.58. The standard InChI is InChI=1S/BH3O3/c2-1(3)4/h2-4H/i1+0. The minimum Gasteiger partial charge on any atom is -0.402 e. The second-order valence-electron chi connectivity index (χ2n) is 0.346. The highest BCUT2D eigenvalue weighted by atomic mass is 16.5. The van der Waals surface area contributed by atoms with Gasteiger partial charge in [0, 0.05) is 0 Å². The van der Waals surface area contributed by atoms with Crippen LogP contribution in [0.4, 0.5) is 0 Å². The van der Waals surface area contributed by atoms with Crippen molar-refractivity contribution < 1.29 is 15.1 Å². The third-order valence-corrected chi connectivity index (χ3v) is 0. The van der Waals surface area contributed by atoms with Crippen molar-refractivity contribution in [3.8, 4) is 0 Å². The fraction of sp³-hybridized carbons (Fsp3) is 0. The van der Waals surface area contributed by atoms with Gasteiger partial charge < -0.3 is 15.1 Å². The molecule has 0 aromatic carbocycles. The maximum Gasteiger partial charge on any atom is 0.631 e. The van der Waals surface area contributed by atoms with Gasteiger partial charge in [0.15, 0.2) is 0 Å². The Bertz CT molecular complexity index is 8.00. The molecule has 0 fully saturated rings. The summed E-state index contributed by atoms with van der Waals surface area (Å²) in [6.45, 7) is 0. The Morgan fingerprint density at radius 2 is 1.00 bits per heavy atom. The Labute approximate surface area is 23.7 Å². The van der Waals surface area contributed by atoms with Gasteiger partial charge in [-0.2, -0.15) is 0 Å². The predicted molar refractivity (Wildman–Crippen MR) is 12.4 cm³/mol. The van der Waals surface area contributed by atoms with Crippen LogP contribution < -0.4 is 0 Å². The lowest BCUT2D eigenvalue weighted by Crippen LogP contribution is -2.07. The molecule has 0 saturated heterocycles. The van der Waals surface area contributed by atoms with Gasteiger partial charge in [0.05, 0.1) is 0 Å². The molecule has 0 unspecified atom stereocenters. The van der Waals surface area contributed by atoms with E-state index in [-0.39, 0.29) is 0 Å². The summed E-state index contributed by atoms with van der Waals surface area (Å²) in [4.78, 5) is 0. The van der Waals surface area contributed by atoms with Crippen LogP contribution in [0.3, 0.4) is 0 Å². The van der Waals surface area contributed by atoms with E-state index < -0.39 is 7.32 Å². The van der Waals surface area contributed by atoms with E-state index in [0.29, 0.717) is 0 Å². The average molecular weight is 62.0 g/mol. The second kappa shape index (κ2) is 1.28. The number of hydrogen-bond acceptors (Lipinski definition) is 3. The topological polar surface area (TPSA) is 60.7 Å².